The predicted octanol–water partition coefficient (Wildman–Crippen LogP) is 1.21. The van der Waals surface area contributed by atoms with Crippen molar-refractivity contribution in [1.82, 2.24) is 0 Å². The molecule has 46 valence electrons. The Labute approximate surface area is 49.6 Å². The molecule has 1 rings (SSSR count). The van der Waals surface area contributed by atoms with Gasteiger partial charge >= 0.3 is 0 Å². The Kier molecular flexibility index (Phi) is 1.24. The van der Waals surface area contributed by atoms with Crippen molar-refractivity contribution in [1.29, 1.82) is 0 Å². The van der Waals surface area contributed by atoms with Gasteiger partial charge in [0.15, 0.2) is 6.40 Å². The van der Waals surface area contributed by atoms with Crippen molar-refractivity contribution in [3.63, 3.8) is 0 Å². The SMILES string of the molecule is CC1(C)CCOC=N1. The number of aliphatic imine (C=N–C) groups is 1. The molecule has 0 radical (unpaired) electrons. The van der Waals surface area contributed by atoms with Crippen LogP contribution >= 0.6 is 0 Å². The lowest BCUT2D eigenvalue weighted by Crippen LogP contribution is -2.23. The minimum atomic E-state index is 0.123. The van der Waals surface area contributed by atoms with Crippen LogP contribution in [0.1, 0.15) is 20.3 Å². The van der Waals surface area contributed by atoms with Crippen LogP contribution in [-0.2, 0) is 4.74 Å². The molecule has 0 fully saturated rings. The molecule has 8 heavy (non-hydrogen) atoms. The number of nitrogens with zero attached hydrogens (tertiary/aromatic N) is 1. The standard InChI is InChI=1S/C6H11NO/c1-6(2)3-4-8-5-7-6/h5H,3-4H2,1-2H3. The lowest BCUT2D eigenvalue weighted by atomic mass is 10.0. The first-order valence-corrected chi connectivity index (χ1v) is 2.86. The molecule has 0 aromatic heterocycles. The van der Waals surface area contributed by atoms with Crippen molar-refractivity contribution in [3.05, 3.63) is 0 Å². The van der Waals surface area contributed by atoms with Gasteiger partial charge < -0.3 is 4.74 Å². The van der Waals surface area contributed by atoms with Crippen LogP contribution in [0.5, 0.6) is 0 Å². The van der Waals surface area contributed by atoms with Crippen molar-refractivity contribution < 1.29 is 4.74 Å². The van der Waals surface area contributed by atoms with Crippen LogP contribution < -0.4 is 0 Å². The summed E-state index contributed by atoms with van der Waals surface area (Å²) in [6.07, 6.45) is 2.58. The van der Waals surface area contributed by atoms with E-state index in [0.717, 1.165) is 13.0 Å². The molecule has 1 aliphatic rings. The number of rotatable bonds is 0. The average molecular weight is 113 g/mol. The Balaban J connectivity index is 2.56. The first-order valence-electron chi connectivity index (χ1n) is 2.86. The third-order valence-corrected chi connectivity index (χ3v) is 1.31. The zero-order chi connectivity index (χ0) is 6.04. The van der Waals surface area contributed by atoms with Gasteiger partial charge in [-0.15, -0.1) is 0 Å². The van der Waals surface area contributed by atoms with Gasteiger partial charge in [-0.3, -0.25) is 4.99 Å². The highest BCUT2D eigenvalue weighted by Gasteiger charge is 2.17. The second-order valence-corrected chi connectivity index (χ2v) is 2.67. The second-order valence-electron chi connectivity index (χ2n) is 2.67. The summed E-state index contributed by atoms with van der Waals surface area (Å²) in [6.45, 7) is 5.02. The lowest BCUT2D eigenvalue weighted by molar-refractivity contribution is 0.243. The van der Waals surface area contributed by atoms with Gasteiger partial charge in [0, 0.05) is 6.42 Å². The highest BCUT2D eigenvalue weighted by molar-refractivity contribution is 5.48. The maximum atomic E-state index is 4.91. The monoisotopic (exact) mass is 113 g/mol. The summed E-state index contributed by atoms with van der Waals surface area (Å²) < 4.78 is 4.91. The normalized spacial score (nSPS) is 24.8. The predicted molar refractivity (Wildman–Crippen MR) is 33.1 cm³/mol. The average Bonchev–Trinajstić information content (AvgIpc) is 1.65. The zero-order valence-electron chi connectivity index (χ0n) is 5.35. The molecule has 0 spiro atoms. The van der Waals surface area contributed by atoms with Crippen LogP contribution in [0.15, 0.2) is 4.99 Å². The Morgan fingerprint density at radius 3 is 2.62 bits per heavy atom. The first-order chi connectivity index (χ1) is 3.71. The van der Waals surface area contributed by atoms with E-state index in [9.17, 15) is 0 Å². The van der Waals surface area contributed by atoms with Gasteiger partial charge in [-0.2, -0.15) is 0 Å². The fourth-order valence-corrected chi connectivity index (χ4v) is 0.606. The van der Waals surface area contributed by atoms with Gasteiger partial charge in [0.1, 0.15) is 0 Å². The van der Waals surface area contributed by atoms with Crippen molar-refractivity contribution in [3.8, 4) is 0 Å². The molecule has 0 saturated carbocycles. The van der Waals surface area contributed by atoms with Gasteiger partial charge in [0.05, 0.1) is 12.1 Å². The van der Waals surface area contributed by atoms with Gasteiger partial charge in [0.2, 0.25) is 0 Å². The molecule has 0 aromatic carbocycles. The molecule has 0 amide bonds. The molecule has 0 bridgehead atoms. The van der Waals surface area contributed by atoms with E-state index in [1.165, 1.54) is 0 Å². The summed E-state index contributed by atoms with van der Waals surface area (Å²) >= 11 is 0. The number of hydrogen-bond acceptors (Lipinski definition) is 2. The molecule has 0 aromatic rings. The van der Waals surface area contributed by atoms with Gasteiger partial charge in [0.25, 0.3) is 0 Å². The molecular formula is C6H11NO. The van der Waals surface area contributed by atoms with E-state index in [-0.39, 0.29) is 5.54 Å². The Morgan fingerprint density at radius 1 is 1.62 bits per heavy atom. The van der Waals surface area contributed by atoms with Crippen molar-refractivity contribution in [2.24, 2.45) is 4.99 Å². The van der Waals surface area contributed by atoms with E-state index in [1.54, 1.807) is 6.40 Å². The maximum Gasteiger partial charge on any atom is 0.169 e. The summed E-state index contributed by atoms with van der Waals surface area (Å²) in [5.41, 5.74) is 0.123. The molecule has 0 atom stereocenters. The second kappa shape index (κ2) is 1.77. The Hall–Kier alpha value is -0.530. The largest absolute Gasteiger partial charge is 0.483 e. The van der Waals surface area contributed by atoms with E-state index in [4.69, 9.17) is 4.74 Å². The number of ether oxygens (including phenoxy) is 1. The van der Waals surface area contributed by atoms with Gasteiger partial charge in [-0.1, -0.05) is 0 Å². The third kappa shape index (κ3) is 1.22. The molecule has 0 N–H and O–H groups in total. The van der Waals surface area contributed by atoms with Crippen LogP contribution in [0.4, 0.5) is 0 Å². The van der Waals surface area contributed by atoms with E-state index >= 15 is 0 Å². The lowest BCUT2D eigenvalue weighted by Gasteiger charge is -2.22. The Bertz CT molecular complexity index is 107. The van der Waals surface area contributed by atoms with Crippen LogP contribution in [-0.4, -0.2) is 18.5 Å². The molecule has 2 nitrogen and oxygen atoms in total. The fourth-order valence-electron chi connectivity index (χ4n) is 0.606. The topological polar surface area (TPSA) is 21.6 Å². The van der Waals surface area contributed by atoms with Crippen LogP contribution in [0, 0.1) is 0 Å². The van der Waals surface area contributed by atoms with Crippen LogP contribution in [0.3, 0.4) is 0 Å². The van der Waals surface area contributed by atoms with Gasteiger partial charge in [-0.05, 0) is 13.8 Å². The highest BCUT2D eigenvalue weighted by atomic mass is 16.5. The van der Waals surface area contributed by atoms with E-state index in [1.807, 2.05) is 0 Å². The Morgan fingerprint density at radius 2 is 2.38 bits per heavy atom. The zero-order valence-corrected chi connectivity index (χ0v) is 5.35. The van der Waals surface area contributed by atoms with Gasteiger partial charge in [-0.25, -0.2) is 0 Å². The summed E-state index contributed by atoms with van der Waals surface area (Å²) in [5.74, 6) is 0. The third-order valence-electron chi connectivity index (χ3n) is 1.31. The van der Waals surface area contributed by atoms with E-state index in [2.05, 4.69) is 18.8 Å². The van der Waals surface area contributed by atoms with E-state index in [0.29, 0.717) is 0 Å². The van der Waals surface area contributed by atoms with E-state index < -0.39 is 0 Å². The van der Waals surface area contributed by atoms with Crippen molar-refractivity contribution in [2.45, 2.75) is 25.8 Å². The molecule has 1 heterocycles. The molecule has 0 unspecified atom stereocenters. The quantitative estimate of drug-likeness (QED) is 0.462. The highest BCUT2D eigenvalue weighted by Crippen LogP contribution is 2.15. The minimum absolute atomic E-state index is 0.123. The molecule has 0 saturated heterocycles. The molecule has 1 aliphatic heterocycles. The minimum Gasteiger partial charge on any atom is -0.483 e. The molecule has 0 aliphatic carbocycles. The summed E-state index contributed by atoms with van der Waals surface area (Å²) in [4.78, 5) is 4.11. The van der Waals surface area contributed by atoms with Crippen LogP contribution in [0.2, 0.25) is 0 Å². The molecular weight excluding hydrogens is 102 g/mol. The van der Waals surface area contributed by atoms with Crippen molar-refractivity contribution >= 4 is 6.40 Å². The summed E-state index contributed by atoms with van der Waals surface area (Å²) in [7, 11) is 0. The fraction of sp³-hybridized carbons (Fsp3) is 0.833. The molecule has 2 heteroatoms. The summed E-state index contributed by atoms with van der Waals surface area (Å²) in [6, 6.07) is 0. The maximum absolute atomic E-state index is 4.91. The number of hydrogen-bond donors (Lipinski definition) is 0. The smallest absolute Gasteiger partial charge is 0.169 e. The first kappa shape index (κ1) is 5.60. The van der Waals surface area contributed by atoms with Crippen LogP contribution in [0.25, 0.3) is 0 Å². The summed E-state index contributed by atoms with van der Waals surface area (Å²) in [5, 5.41) is 0. The van der Waals surface area contributed by atoms with Crippen molar-refractivity contribution in [2.75, 3.05) is 6.61 Å².